The van der Waals surface area contributed by atoms with Crippen LogP contribution in [0.2, 0.25) is 0 Å². The van der Waals surface area contributed by atoms with Gasteiger partial charge in [0.05, 0.1) is 0 Å². The first-order valence-electron chi connectivity index (χ1n) is 6.16. The summed E-state index contributed by atoms with van der Waals surface area (Å²) >= 11 is 0. The molecule has 2 heteroatoms. The van der Waals surface area contributed by atoms with Gasteiger partial charge in [-0.3, -0.25) is 4.90 Å². The molecule has 0 spiro atoms. The first kappa shape index (κ1) is 12.0. The van der Waals surface area contributed by atoms with Crippen LogP contribution in [-0.2, 0) is 0 Å². The molecule has 0 heterocycles. The van der Waals surface area contributed by atoms with Gasteiger partial charge >= 0.3 is 0 Å². The van der Waals surface area contributed by atoms with Crippen LogP contribution in [0.3, 0.4) is 0 Å². The summed E-state index contributed by atoms with van der Waals surface area (Å²) in [6.07, 6.45) is 2.91. The van der Waals surface area contributed by atoms with Crippen LogP contribution in [0.5, 0.6) is 0 Å². The molecule has 0 bridgehead atoms. The highest BCUT2D eigenvalue weighted by atomic mass is 15.2. The molecule has 1 aliphatic rings. The molecule has 1 N–H and O–H groups in total. The molecule has 0 aromatic heterocycles. The zero-order valence-corrected chi connectivity index (χ0v) is 10.2. The van der Waals surface area contributed by atoms with Crippen molar-refractivity contribution in [3.63, 3.8) is 0 Å². The first-order valence-corrected chi connectivity index (χ1v) is 6.16. The van der Waals surface area contributed by atoms with Gasteiger partial charge in [0.1, 0.15) is 0 Å². The van der Waals surface area contributed by atoms with E-state index in [0.29, 0.717) is 12.1 Å². The van der Waals surface area contributed by atoms with Crippen LogP contribution in [0.1, 0.15) is 40.5 Å². The number of rotatable bonds is 7. The summed E-state index contributed by atoms with van der Waals surface area (Å²) in [7, 11) is 0. The quantitative estimate of drug-likeness (QED) is 0.674. The van der Waals surface area contributed by atoms with E-state index in [9.17, 15) is 0 Å². The van der Waals surface area contributed by atoms with Crippen LogP contribution >= 0.6 is 0 Å². The molecule has 0 radical (unpaired) electrons. The number of nitrogens with one attached hydrogen (secondary N) is 1. The van der Waals surface area contributed by atoms with Gasteiger partial charge in [-0.1, -0.05) is 13.8 Å². The molecular formula is C12H26N2. The molecule has 0 aromatic carbocycles. The van der Waals surface area contributed by atoms with Crippen molar-refractivity contribution in [1.29, 1.82) is 0 Å². The molecule has 1 fully saturated rings. The molecule has 0 aromatic rings. The average molecular weight is 198 g/mol. The van der Waals surface area contributed by atoms with Crippen molar-refractivity contribution in [2.75, 3.05) is 19.6 Å². The van der Waals surface area contributed by atoms with Crippen LogP contribution in [0.15, 0.2) is 0 Å². The lowest BCUT2D eigenvalue weighted by Gasteiger charge is -2.32. The molecule has 2 atom stereocenters. The zero-order chi connectivity index (χ0) is 10.6. The van der Waals surface area contributed by atoms with Gasteiger partial charge in [0.25, 0.3) is 0 Å². The Labute approximate surface area is 89.1 Å². The van der Waals surface area contributed by atoms with Crippen molar-refractivity contribution in [2.45, 2.75) is 52.6 Å². The lowest BCUT2D eigenvalue weighted by molar-refractivity contribution is 0.177. The second kappa shape index (κ2) is 5.72. The van der Waals surface area contributed by atoms with Gasteiger partial charge in [0.15, 0.2) is 0 Å². The topological polar surface area (TPSA) is 15.3 Å². The molecule has 84 valence electrons. The molecule has 1 saturated carbocycles. The van der Waals surface area contributed by atoms with Gasteiger partial charge in [-0.25, -0.2) is 0 Å². The minimum Gasteiger partial charge on any atom is -0.313 e. The van der Waals surface area contributed by atoms with Crippen LogP contribution in [0.25, 0.3) is 0 Å². The monoisotopic (exact) mass is 198 g/mol. The highest BCUT2D eigenvalue weighted by Crippen LogP contribution is 2.30. The SMILES string of the molecule is CCNC(C)C(C)N(CC)CC1CC1. The van der Waals surface area contributed by atoms with E-state index in [-0.39, 0.29) is 0 Å². The number of likely N-dealkylation sites (N-methyl/N-ethyl adjacent to an activating group) is 2. The molecule has 0 saturated heterocycles. The highest BCUT2D eigenvalue weighted by molar-refractivity contribution is 4.83. The van der Waals surface area contributed by atoms with Gasteiger partial charge in [0.2, 0.25) is 0 Å². The first-order chi connectivity index (χ1) is 6.69. The fourth-order valence-electron chi connectivity index (χ4n) is 2.02. The predicted molar refractivity (Wildman–Crippen MR) is 62.6 cm³/mol. The second-order valence-electron chi connectivity index (χ2n) is 4.62. The maximum Gasteiger partial charge on any atom is 0.0218 e. The third-order valence-electron chi connectivity index (χ3n) is 3.42. The number of hydrogen-bond donors (Lipinski definition) is 1. The Kier molecular flexibility index (Phi) is 4.90. The maximum absolute atomic E-state index is 3.51. The van der Waals surface area contributed by atoms with E-state index in [1.54, 1.807) is 0 Å². The minimum atomic E-state index is 0.610. The summed E-state index contributed by atoms with van der Waals surface area (Å²) in [6, 6.07) is 1.28. The fourth-order valence-corrected chi connectivity index (χ4v) is 2.02. The summed E-state index contributed by atoms with van der Waals surface area (Å²) in [5.74, 6) is 1.01. The number of hydrogen-bond acceptors (Lipinski definition) is 2. The predicted octanol–water partition coefficient (Wildman–Crippen LogP) is 2.10. The lowest BCUT2D eigenvalue weighted by Crippen LogP contribution is -2.47. The van der Waals surface area contributed by atoms with Gasteiger partial charge in [-0.15, -0.1) is 0 Å². The highest BCUT2D eigenvalue weighted by Gasteiger charge is 2.27. The zero-order valence-electron chi connectivity index (χ0n) is 10.2. The third-order valence-corrected chi connectivity index (χ3v) is 3.42. The van der Waals surface area contributed by atoms with E-state index in [4.69, 9.17) is 0 Å². The van der Waals surface area contributed by atoms with Crippen LogP contribution in [0, 0.1) is 5.92 Å². The largest absolute Gasteiger partial charge is 0.313 e. The van der Waals surface area contributed by atoms with Gasteiger partial charge < -0.3 is 5.32 Å². The molecule has 1 aliphatic carbocycles. The Morgan fingerprint density at radius 3 is 2.36 bits per heavy atom. The van der Waals surface area contributed by atoms with Crippen molar-refractivity contribution >= 4 is 0 Å². The molecule has 1 rings (SSSR count). The van der Waals surface area contributed by atoms with Crippen molar-refractivity contribution in [1.82, 2.24) is 10.2 Å². The smallest absolute Gasteiger partial charge is 0.0218 e. The van der Waals surface area contributed by atoms with Gasteiger partial charge in [-0.05, 0) is 45.7 Å². The molecular weight excluding hydrogens is 172 g/mol. The third kappa shape index (κ3) is 3.58. The standard InChI is InChI=1S/C12H26N2/c1-5-13-10(3)11(4)14(6-2)9-12-7-8-12/h10-13H,5-9H2,1-4H3. The Morgan fingerprint density at radius 1 is 1.29 bits per heavy atom. The fraction of sp³-hybridized carbons (Fsp3) is 1.00. The lowest BCUT2D eigenvalue weighted by atomic mass is 10.1. The maximum atomic E-state index is 3.51. The molecule has 0 aliphatic heterocycles. The number of nitrogens with zero attached hydrogens (tertiary/aromatic N) is 1. The van der Waals surface area contributed by atoms with E-state index in [1.807, 2.05) is 0 Å². The van der Waals surface area contributed by atoms with Crippen LogP contribution in [-0.4, -0.2) is 36.6 Å². The van der Waals surface area contributed by atoms with Crippen molar-refractivity contribution in [2.24, 2.45) is 5.92 Å². The van der Waals surface area contributed by atoms with Crippen molar-refractivity contribution < 1.29 is 0 Å². The minimum absolute atomic E-state index is 0.610. The van der Waals surface area contributed by atoms with E-state index in [1.165, 1.54) is 25.9 Å². The Morgan fingerprint density at radius 2 is 1.93 bits per heavy atom. The molecule has 0 amide bonds. The Balaban J connectivity index is 2.32. The van der Waals surface area contributed by atoms with E-state index >= 15 is 0 Å². The summed E-state index contributed by atoms with van der Waals surface area (Å²) < 4.78 is 0. The Hall–Kier alpha value is -0.0800. The van der Waals surface area contributed by atoms with Crippen LogP contribution in [0.4, 0.5) is 0 Å². The van der Waals surface area contributed by atoms with Crippen molar-refractivity contribution in [3.05, 3.63) is 0 Å². The van der Waals surface area contributed by atoms with E-state index < -0.39 is 0 Å². The van der Waals surface area contributed by atoms with E-state index in [2.05, 4.69) is 37.9 Å². The normalized spacial score (nSPS) is 21.2. The molecule has 2 nitrogen and oxygen atoms in total. The second-order valence-corrected chi connectivity index (χ2v) is 4.62. The van der Waals surface area contributed by atoms with Crippen molar-refractivity contribution in [3.8, 4) is 0 Å². The Bertz CT molecular complexity index is 154. The summed E-state index contributed by atoms with van der Waals surface area (Å²) in [5, 5.41) is 3.51. The summed E-state index contributed by atoms with van der Waals surface area (Å²) in [5.41, 5.74) is 0. The van der Waals surface area contributed by atoms with Gasteiger partial charge in [0, 0.05) is 18.6 Å². The molecule has 14 heavy (non-hydrogen) atoms. The molecule has 2 unspecified atom stereocenters. The van der Waals surface area contributed by atoms with E-state index in [0.717, 1.165) is 12.5 Å². The van der Waals surface area contributed by atoms with Gasteiger partial charge in [-0.2, -0.15) is 0 Å². The average Bonchev–Trinajstić information content (AvgIpc) is 2.97. The van der Waals surface area contributed by atoms with Crippen LogP contribution < -0.4 is 5.32 Å². The summed E-state index contributed by atoms with van der Waals surface area (Å²) in [4.78, 5) is 2.62. The summed E-state index contributed by atoms with van der Waals surface area (Å²) in [6.45, 7) is 12.7.